The molecule has 6 rings (SSSR count). The molecule has 0 radical (unpaired) electrons. The maximum absolute atomic E-state index is 14.4. The summed E-state index contributed by atoms with van der Waals surface area (Å²) < 4.78 is 454. The van der Waals surface area contributed by atoms with Gasteiger partial charge in [0, 0.05) is 0 Å². The van der Waals surface area contributed by atoms with Gasteiger partial charge < -0.3 is 10.6 Å². The zero-order valence-corrected chi connectivity index (χ0v) is 41.1. The Morgan fingerprint density at radius 1 is 0.244 bits per heavy atom. The fourth-order valence-corrected chi connectivity index (χ4v) is 5.15. The molecule has 0 aliphatic carbocycles. The predicted molar refractivity (Wildman–Crippen MR) is 219 cm³/mol. The molecule has 0 N–H and O–H groups in total. The maximum atomic E-state index is 14.4. The van der Waals surface area contributed by atoms with Crippen LogP contribution in [0.4, 0.5) is 172 Å². The fourth-order valence-electron chi connectivity index (χ4n) is 5.15. The molecule has 0 heterocycles. The summed E-state index contributed by atoms with van der Waals surface area (Å²) in [4.78, 5) is 3.34. The first-order valence-electron chi connectivity index (χ1n) is 20.2. The summed E-state index contributed by atoms with van der Waals surface area (Å²) in [5, 5.41) is 3.34. The van der Waals surface area contributed by atoms with Crippen LogP contribution in [0.3, 0.4) is 0 Å². The second kappa shape index (κ2) is 30.2. The van der Waals surface area contributed by atoms with E-state index in [2.05, 4.69) is 0 Å². The van der Waals surface area contributed by atoms with Crippen molar-refractivity contribution in [1.82, 2.24) is 0 Å². The molecule has 0 saturated carbocycles. The zero-order valence-electron chi connectivity index (χ0n) is 39.2. The number of hydrogen-bond donors (Lipinski definition) is 0. The summed E-state index contributed by atoms with van der Waals surface area (Å²) in [6, 6.07) is 24.0. The number of nitrogens with zero attached hydrogens (tertiary/aromatic N) is 4. The minimum Gasteiger partial charge on any atom is -0.647 e. The summed E-state index contributed by atoms with van der Waals surface area (Å²) >= 11 is 0. The van der Waals surface area contributed by atoms with Crippen molar-refractivity contribution in [3.05, 3.63) is 223 Å². The monoisotopic (exact) mass is 1390 g/mol. The second-order valence-electron chi connectivity index (χ2n) is 14.4. The molecule has 86 heavy (non-hydrogen) atoms. The normalized spacial score (nSPS) is 12.6. The smallest absolute Gasteiger partial charge is 0.647 e. The number of aliphatic imine (C=N–C) groups is 2. The summed E-state index contributed by atoms with van der Waals surface area (Å²) in [5.41, 5.74) is -26.3. The Kier molecular flexibility index (Phi) is 26.8. The third-order valence-electron chi connectivity index (χ3n) is 8.88. The molecule has 0 fully saturated rings. The quantitative estimate of drug-likeness (QED) is 0.0479. The van der Waals surface area contributed by atoms with Gasteiger partial charge in [0.05, 0.1) is 0 Å². The number of allylic oxidation sites excluding steroid dienone is 4. The summed E-state index contributed by atoms with van der Waals surface area (Å²) in [7, 11) is 0. The van der Waals surface area contributed by atoms with Crippen molar-refractivity contribution in [2.75, 3.05) is 0 Å². The molecule has 476 valence electrons. The molecule has 6 aromatic carbocycles. The Labute approximate surface area is 474 Å². The van der Waals surface area contributed by atoms with Crippen LogP contribution in [0.1, 0.15) is 0 Å². The zero-order chi connectivity index (χ0) is 64.6. The van der Waals surface area contributed by atoms with Gasteiger partial charge >= 0.3 is 58.8 Å². The fraction of sp³-hybridized carbons (Fsp3) is 0.0870. The molecule has 0 aliphatic heterocycles. The van der Waals surface area contributed by atoms with Crippen LogP contribution in [0.25, 0.3) is 10.6 Å². The number of halogens is 34. The van der Waals surface area contributed by atoms with Crippen LogP contribution in [0.15, 0.2) is 106 Å². The molecule has 40 heteroatoms. The average molecular weight is 1390 g/mol. The van der Waals surface area contributed by atoms with Crippen LogP contribution in [-0.4, -0.2) is 36.1 Å². The molecule has 6 aromatic rings. The van der Waals surface area contributed by atoms with E-state index in [0.29, 0.717) is 0 Å². The van der Waals surface area contributed by atoms with Gasteiger partial charge in [-0.1, -0.05) is 84.2 Å². The van der Waals surface area contributed by atoms with Crippen molar-refractivity contribution in [3.8, 4) is 0 Å². The van der Waals surface area contributed by atoms with Gasteiger partial charge in [-0.15, -0.1) is 0 Å². The Hall–Kier alpha value is -7.60. The topological polar surface area (TPSA) is 52.9 Å². The Morgan fingerprint density at radius 3 is 0.547 bits per heavy atom. The predicted octanol–water partition coefficient (Wildman–Crippen LogP) is 19.7. The van der Waals surface area contributed by atoms with Gasteiger partial charge in [0.25, 0.3) is 0 Å². The summed E-state index contributed by atoms with van der Waals surface area (Å²) in [5.74, 6) is -68.7. The molecule has 0 atom stereocenters. The molecule has 0 amide bonds. The standard InChI is InChI=1S/2C17F17N2.2C6H6.2Cu/c2*18-1-3(20)7(24)12(8(25)4(1)21)35-14(16(29,30)31)11(28)15(17(32,33)34)36-13-9(26)5(22)2(19)6(23)10(13)27;2*1-2-4-6-5-3-1;;/h;;2*1-6H;;/q2*-1;;;2*+1/b2*14-11+,36-15?;;;;. The van der Waals surface area contributed by atoms with E-state index in [0.717, 1.165) is 0 Å². The molecular weight excluding hydrogens is 1380 g/mol. The molecular formula is C46H12Cu2F34N4. The van der Waals surface area contributed by atoms with Gasteiger partial charge in [0.15, 0.2) is 92.9 Å². The average Bonchev–Trinajstić information content (AvgIpc) is 2.89. The van der Waals surface area contributed by atoms with Crippen molar-refractivity contribution in [2.45, 2.75) is 24.7 Å². The maximum Gasteiger partial charge on any atom is 1.00 e. The van der Waals surface area contributed by atoms with Crippen molar-refractivity contribution < 1.29 is 183 Å². The summed E-state index contributed by atoms with van der Waals surface area (Å²) in [6.07, 6.45) is -26.3. The molecule has 4 nitrogen and oxygen atoms in total. The first-order valence-corrected chi connectivity index (χ1v) is 20.2. The van der Waals surface area contributed by atoms with Crippen LogP contribution >= 0.6 is 0 Å². The van der Waals surface area contributed by atoms with Crippen LogP contribution in [0.2, 0.25) is 0 Å². The van der Waals surface area contributed by atoms with Gasteiger partial charge in [-0.3, -0.25) is 0 Å². The molecule has 0 spiro atoms. The van der Waals surface area contributed by atoms with E-state index in [-0.39, 0.29) is 34.1 Å². The Bertz CT molecular complexity index is 3120. The van der Waals surface area contributed by atoms with Crippen molar-refractivity contribution in [1.29, 1.82) is 0 Å². The molecule has 0 aliphatic rings. The van der Waals surface area contributed by atoms with Gasteiger partial charge in [0.2, 0.25) is 11.6 Å². The van der Waals surface area contributed by atoms with E-state index in [4.69, 9.17) is 0 Å². The molecule has 0 aromatic heterocycles. The minimum absolute atomic E-state index is 0. The third kappa shape index (κ3) is 17.8. The van der Waals surface area contributed by atoms with Gasteiger partial charge in [-0.2, -0.15) is 52.7 Å². The van der Waals surface area contributed by atoms with Crippen LogP contribution in [0.5, 0.6) is 0 Å². The first kappa shape index (κ1) is 76.4. The third-order valence-corrected chi connectivity index (χ3v) is 8.88. The van der Waals surface area contributed by atoms with E-state index in [1.165, 1.54) is 0 Å². The molecule has 0 bridgehead atoms. The SMILES string of the molecule is F/C(C(=Nc1c(F)c(F)c(F)c(F)c1F)C(F)(F)F)=C(/[N-]c1c(F)c(F)c(F)c(F)c1F)C(F)(F)F.F/C(C(=Nc1c(F)c(F)c(F)c(F)c1F)C(F)(F)F)=C(/[N-]c1c(F)c(F)c(F)c(F)c1F)C(F)(F)F.[Cu+].[Cu+].c1ccccc1.c1ccccc1. The van der Waals surface area contributed by atoms with Gasteiger partial charge in [0.1, 0.15) is 46.3 Å². The number of hydrogen-bond acceptors (Lipinski definition) is 2. The van der Waals surface area contributed by atoms with Crippen LogP contribution in [0, 0.1) is 116 Å². The largest absolute Gasteiger partial charge is 1.00 e. The van der Waals surface area contributed by atoms with Crippen LogP contribution < -0.4 is 0 Å². The Balaban J connectivity index is 0.000000701. The Morgan fingerprint density at radius 2 is 0.395 bits per heavy atom. The van der Waals surface area contributed by atoms with E-state index in [9.17, 15) is 149 Å². The van der Waals surface area contributed by atoms with Crippen LogP contribution in [-0.2, 0) is 34.1 Å². The molecule has 0 unspecified atom stereocenters. The number of benzene rings is 6. The van der Waals surface area contributed by atoms with E-state index in [1.54, 1.807) is 20.6 Å². The first-order chi connectivity index (χ1) is 38.5. The van der Waals surface area contributed by atoms with Gasteiger partial charge in [-0.25, -0.2) is 107 Å². The van der Waals surface area contributed by atoms with Crippen molar-refractivity contribution in [3.63, 3.8) is 0 Å². The van der Waals surface area contributed by atoms with E-state index in [1.807, 2.05) is 72.8 Å². The molecule has 0 saturated heterocycles. The van der Waals surface area contributed by atoms with Gasteiger partial charge in [-0.05, 0) is 11.4 Å². The van der Waals surface area contributed by atoms with Crippen molar-refractivity contribution >= 4 is 34.2 Å². The second-order valence-corrected chi connectivity index (χ2v) is 14.4. The number of rotatable bonds is 8. The van der Waals surface area contributed by atoms with E-state index >= 15 is 0 Å². The number of alkyl halides is 12. The minimum atomic E-state index is -6.58. The summed E-state index contributed by atoms with van der Waals surface area (Å²) in [6.45, 7) is 0. The van der Waals surface area contributed by atoms with Crippen molar-refractivity contribution in [2.24, 2.45) is 9.98 Å². The van der Waals surface area contributed by atoms with E-state index < -0.39 is 198 Å².